The maximum Gasteiger partial charge on any atom is 0.335 e. The highest BCUT2D eigenvalue weighted by atomic mass is 16.4. The van der Waals surface area contributed by atoms with Gasteiger partial charge in [0.15, 0.2) is 0 Å². The van der Waals surface area contributed by atoms with Crippen molar-refractivity contribution in [2.24, 2.45) is 0 Å². The molecule has 3 aromatic rings. The smallest absolute Gasteiger partial charge is 0.335 e. The number of hydrogen-bond acceptors (Lipinski definition) is 5. The van der Waals surface area contributed by atoms with Gasteiger partial charge in [0.05, 0.1) is 22.5 Å². The average Bonchev–Trinajstić information content (AvgIpc) is 3.47. The van der Waals surface area contributed by atoms with Gasteiger partial charge in [-0.15, -0.1) is 0 Å². The first-order valence-electron chi connectivity index (χ1n) is 12.1. The van der Waals surface area contributed by atoms with E-state index in [0.29, 0.717) is 35.5 Å². The van der Waals surface area contributed by atoms with Gasteiger partial charge < -0.3 is 25.5 Å². The molecule has 3 amide bonds. The maximum absolute atomic E-state index is 13.1. The molecule has 0 saturated heterocycles. The molecule has 0 aliphatic carbocycles. The summed E-state index contributed by atoms with van der Waals surface area (Å²) >= 11 is 0. The van der Waals surface area contributed by atoms with Crippen molar-refractivity contribution in [2.45, 2.75) is 12.8 Å². The fraction of sp³-hybridized carbons (Fsp3) is 0.172. The number of fused-ring (bicyclic) bond motifs is 2. The van der Waals surface area contributed by atoms with E-state index in [4.69, 9.17) is 0 Å². The van der Waals surface area contributed by atoms with Crippen LogP contribution in [0.3, 0.4) is 0 Å². The lowest BCUT2D eigenvalue weighted by molar-refractivity contribution is -0.133. The second kappa shape index (κ2) is 9.85. The molecule has 0 saturated carbocycles. The third-order valence-electron chi connectivity index (χ3n) is 6.67. The van der Waals surface area contributed by atoms with Gasteiger partial charge in [-0.1, -0.05) is 36.4 Å². The number of carboxylic acid groups (broad SMARTS) is 1. The number of nitrogens with zero attached hydrogens (tertiary/aromatic N) is 2. The normalized spacial score (nSPS) is 14.9. The number of hydrogen-bond donors (Lipinski definition) is 3. The van der Waals surface area contributed by atoms with E-state index in [-0.39, 0.29) is 29.7 Å². The van der Waals surface area contributed by atoms with Crippen molar-refractivity contribution in [3.05, 3.63) is 89.0 Å². The van der Waals surface area contributed by atoms with Crippen LogP contribution in [-0.2, 0) is 20.8 Å². The Balaban J connectivity index is 1.50. The van der Waals surface area contributed by atoms with Gasteiger partial charge >= 0.3 is 5.97 Å². The van der Waals surface area contributed by atoms with E-state index in [2.05, 4.69) is 10.6 Å². The zero-order chi connectivity index (χ0) is 27.0. The molecule has 0 fully saturated rings. The van der Waals surface area contributed by atoms with Crippen LogP contribution in [0.15, 0.2) is 66.7 Å². The van der Waals surface area contributed by atoms with Crippen molar-refractivity contribution < 1.29 is 24.3 Å². The van der Waals surface area contributed by atoms with Crippen LogP contribution in [0, 0.1) is 0 Å². The van der Waals surface area contributed by atoms with Crippen molar-refractivity contribution in [3.63, 3.8) is 0 Å². The molecule has 3 aromatic carbocycles. The van der Waals surface area contributed by atoms with Crippen molar-refractivity contribution in [3.8, 4) is 0 Å². The van der Waals surface area contributed by atoms with E-state index in [1.165, 1.54) is 17.0 Å². The van der Waals surface area contributed by atoms with Gasteiger partial charge in [0.1, 0.15) is 6.42 Å². The second-order valence-corrected chi connectivity index (χ2v) is 9.36. The van der Waals surface area contributed by atoms with Crippen LogP contribution in [-0.4, -0.2) is 54.3 Å². The summed E-state index contributed by atoms with van der Waals surface area (Å²) in [5, 5.41) is 15.5. The number of carboxylic acids is 1. The van der Waals surface area contributed by atoms with Gasteiger partial charge in [0.2, 0.25) is 11.8 Å². The third-order valence-corrected chi connectivity index (χ3v) is 6.67. The summed E-state index contributed by atoms with van der Waals surface area (Å²) in [6.07, 6.45) is 0.458. The summed E-state index contributed by atoms with van der Waals surface area (Å²) in [4.78, 5) is 52.4. The lowest BCUT2D eigenvalue weighted by Crippen LogP contribution is -2.34. The predicted octanol–water partition coefficient (Wildman–Crippen LogP) is 3.68. The Bertz CT molecular complexity index is 1510. The van der Waals surface area contributed by atoms with Crippen LogP contribution in [0.4, 0.5) is 17.1 Å². The molecule has 38 heavy (non-hydrogen) atoms. The van der Waals surface area contributed by atoms with Crippen molar-refractivity contribution >= 4 is 52.0 Å². The summed E-state index contributed by atoms with van der Waals surface area (Å²) in [7, 11) is 3.25. The van der Waals surface area contributed by atoms with E-state index in [9.17, 15) is 24.3 Å². The number of benzene rings is 3. The minimum Gasteiger partial charge on any atom is -0.478 e. The summed E-state index contributed by atoms with van der Waals surface area (Å²) in [5.41, 5.74) is 5.36. The zero-order valence-electron chi connectivity index (χ0n) is 20.9. The van der Waals surface area contributed by atoms with Crippen LogP contribution in [0.25, 0.3) is 11.3 Å². The average molecular weight is 511 g/mol. The quantitative estimate of drug-likeness (QED) is 0.344. The van der Waals surface area contributed by atoms with Crippen LogP contribution in [0.5, 0.6) is 0 Å². The molecular formula is C29H26N4O5. The minimum atomic E-state index is -1.07. The van der Waals surface area contributed by atoms with Gasteiger partial charge in [-0.2, -0.15) is 0 Å². The van der Waals surface area contributed by atoms with Gasteiger partial charge in [0, 0.05) is 37.6 Å². The highest BCUT2D eigenvalue weighted by Crippen LogP contribution is 2.39. The number of carbonyl (C=O) groups is 4. The summed E-state index contributed by atoms with van der Waals surface area (Å²) in [6.45, 7) is 0.493. The number of amides is 3. The van der Waals surface area contributed by atoms with E-state index >= 15 is 0 Å². The molecule has 9 nitrogen and oxygen atoms in total. The lowest BCUT2D eigenvalue weighted by Gasteiger charge is -2.19. The van der Waals surface area contributed by atoms with Crippen molar-refractivity contribution in [2.75, 3.05) is 36.2 Å². The third kappa shape index (κ3) is 4.61. The van der Waals surface area contributed by atoms with Gasteiger partial charge in [0.25, 0.3) is 5.91 Å². The number of aromatic carboxylic acids is 1. The van der Waals surface area contributed by atoms with Gasteiger partial charge in [-0.25, -0.2) is 4.79 Å². The summed E-state index contributed by atoms with van der Waals surface area (Å²) < 4.78 is 0. The predicted molar refractivity (Wildman–Crippen MR) is 145 cm³/mol. The van der Waals surface area contributed by atoms with Crippen LogP contribution < -0.4 is 15.5 Å². The molecule has 0 spiro atoms. The minimum absolute atomic E-state index is 0.0875. The second-order valence-electron chi connectivity index (χ2n) is 9.36. The number of rotatable bonds is 6. The van der Waals surface area contributed by atoms with Crippen LogP contribution in [0.2, 0.25) is 0 Å². The SMILES string of the molecule is CN(C)C(=O)CC(=O)N1CCc2cc(N/C(=C3\C(=O)Nc4cc(C(=O)O)ccc43)c3ccccc3)ccc21. The molecule has 2 heterocycles. The lowest BCUT2D eigenvalue weighted by atomic mass is 9.99. The Labute approximate surface area is 219 Å². The molecule has 2 aliphatic rings. The first-order chi connectivity index (χ1) is 18.2. The first kappa shape index (κ1) is 24.8. The molecule has 5 rings (SSSR count). The zero-order valence-corrected chi connectivity index (χ0v) is 20.9. The topological polar surface area (TPSA) is 119 Å². The van der Waals surface area contributed by atoms with E-state index < -0.39 is 5.97 Å². The largest absolute Gasteiger partial charge is 0.478 e. The first-order valence-corrected chi connectivity index (χ1v) is 12.1. The fourth-order valence-electron chi connectivity index (χ4n) is 4.70. The fourth-order valence-corrected chi connectivity index (χ4v) is 4.70. The molecule has 0 unspecified atom stereocenters. The Kier molecular flexibility index (Phi) is 6.42. The van der Waals surface area contributed by atoms with Gasteiger partial charge in [-0.3, -0.25) is 14.4 Å². The monoisotopic (exact) mass is 510 g/mol. The summed E-state index contributed by atoms with van der Waals surface area (Å²) in [6, 6.07) is 19.6. The van der Waals surface area contributed by atoms with E-state index in [1.54, 1.807) is 25.1 Å². The molecule has 0 bridgehead atoms. The van der Waals surface area contributed by atoms with Gasteiger partial charge in [-0.05, 0) is 47.9 Å². The molecular weight excluding hydrogens is 484 g/mol. The van der Waals surface area contributed by atoms with E-state index in [1.807, 2.05) is 48.5 Å². The molecule has 0 aromatic heterocycles. The standard InChI is InChI=1S/C29H26N4O5/c1-32(2)24(34)16-25(35)33-13-12-18-14-20(9-11-23(18)33)30-27(17-6-4-3-5-7-17)26-21-10-8-19(29(37)38)15-22(21)31-28(26)36/h3-11,14-15,30H,12-13,16H2,1-2H3,(H,31,36)(H,37,38)/b27-26-. The Hall–Kier alpha value is -4.92. The molecule has 2 aliphatic heterocycles. The van der Waals surface area contributed by atoms with Crippen molar-refractivity contribution in [1.82, 2.24) is 4.90 Å². The Morgan fingerprint density at radius 2 is 1.76 bits per heavy atom. The van der Waals surface area contributed by atoms with Crippen molar-refractivity contribution in [1.29, 1.82) is 0 Å². The number of carbonyl (C=O) groups excluding carboxylic acids is 3. The highest BCUT2D eigenvalue weighted by molar-refractivity contribution is 6.37. The molecule has 3 N–H and O–H groups in total. The molecule has 192 valence electrons. The summed E-state index contributed by atoms with van der Waals surface area (Å²) in [5.74, 6) is -1.89. The van der Waals surface area contributed by atoms with Crippen LogP contribution >= 0.6 is 0 Å². The molecule has 9 heteroatoms. The number of nitrogens with one attached hydrogen (secondary N) is 2. The Morgan fingerprint density at radius 3 is 2.47 bits per heavy atom. The maximum atomic E-state index is 13.1. The number of anilines is 3. The molecule has 0 atom stereocenters. The van der Waals surface area contributed by atoms with E-state index in [0.717, 1.165) is 22.5 Å². The molecule has 0 radical (unpaired) electrons. The van der Waals surface area contributed by atoms with Crippen LogP contribution in [0.1, 0.15) is 33.5 Å². The Morgan fingerprint density at radius 1 is 1.00 bits per heavy atom. The highest BCUT2D eigenvalue weighted by Gasteiger charge is 2.30.